The Morgan fingerprint density at radius 2 is 1.21 bits per heavy atom. The van der Waals surface area contributed by atoms with Gasteiger partial charge in [-0.3, -0.25) is 0 Å². The van der Waals surface area contributed by atoms with Crippen LogP contribution in [0, 0.1) is 13.8 Å². The average molecular weight is 857 g/mol. The molecule has 1 aliphatic heterocycles. The lowest BCUT2D eigenvalue weighted by atomic mass is 9.70. The zero-order valence-corrected chi connectivity index (χ0v) is 38.4. The Morgan fingerprint density at radius 1 is 0.561 bits per heavy atom. The van der Waals surface area contributed by atoms with E-state index < -0.39 is 0 Å². The van der Waals surface area contributed by atoms with Crippen LogP contribution < -0.4 is 14.5 Å². The van der Waals surface area contributed by atoms with E-state index in [0.29, 0.717) is 0 Å². The topological polar surface area (TPSA) is 28.9 Å². The number of fused-ring (bicyclic) bond motifs is 6. The molecule has 0 bridgehead atoms. The molecule has 0 spiro atoms. The SMILES string of the molecule is Cc1ccccc1N(c1cccc2c1OC1C=CC=CC21)c1cc(C(C)C)c2ccc3c(N(c4ccccc4C)c4cccc5c4oc4ccccc45)cc4c5c(cc1c2c35)C(C)(C)CC4. The highest BCUT2D eigenvalue weighted by Crippen LogP contribution is 2.57. The van der Waals surface area contributed by atoms with Crippen molar-refractivity contribution in [2.24, 2.45) is 0 Å². The predicted octanol–water partition coefficient (Wildman–Crippen LogP) is 17.4. The minimum atomic E-state index is -0.0518. The molecule has 66 heavy (non-hydrogen) atoms. The summed E-state index contributed by atoms with van der Waals surface area (Å²) in [6.45, 7) is 14.1. The molecule has 0 amide bonds. The maximum Gasteiger partial charge on any atom is 0.159 e. The molecule has 2 heterocycles. The molecule has 4 nitrogen and oxygen atoms in total. The van der Waals surface area contributed by atoms with Crippen LogP contribution in [-0.4, -0.2) is 6.10 Å². The third-order valence-electron chi connectivity index (χ3n) is 15.2. The zero-order valence-electron chi connectivity index (χ0n) is 38.4. The molecule has 0 N–H and O–H groups in total. The van der Waals surface area contributed by atoms with Gasteiger partial charge in [0.25, 0.3) is 0 Å². The predicted molar refractivity (Wildman–Crippen MR) is 277 cm³/mol. The fourth-order valence-electron chi connectivity index (χ4n) is 11.9. The van der Waals surface area contributed by atoms with Gasteiger partial charge in [0, 0.05) is 49.8 Å². The van der Waals surface area contributed by atoms with Crippen LogP contribution in [-0.2, 0) is 11.8 Å². The Bertz CT molecular complexity index is 3700. The lowest BCUT2D eigenvalue weighted by molar-refractivity contribution is 0.269. The summed E-state index contributed by atoms with van der Waals surface area (Å²) in [6.07, 6.45) is 10.8. The monoisotopic (exact) mass is 856 g/mol. The van der Waals surface area contributed by atoms with Crippen LogP contribution in [0.15, 0.2) is 168 Å². The minimum absolute atomic E-state index is 0.0267. The first-order valence-corrected chi connectivity index (χ1v) is 23.7. The maximum atomic E-state index is 7.00. The second kappa shape index (κ2) is 14.3. The highest BCUT2D eigenvalue weighted by atomic mass is 16.5. The van der Waals surface area contributed by atoms with Gasteiger partial charge >= 0.3 is 0 Å². The number of anilines is 6. The third kappa shape index (κ3) is 5.57. The van der Waals surface area contributed by atoms with Crippen molar-refractivity contribution < 1.29 is 9.15 Å². The van der Waals surface area contributed by atoms with Crippen molar-refractivity contribution in [1.82, 2.24) is 0 Å². The van der Waals surface area contributed by atoms with Crippen LogP contribution in [0.4, 0.5) is 34.1 Å². The molecule has 13 rings (SSSR count). The summed E-state index contributed by atoms with van der Waals surface area (Å²) in [4.78, 5) is 5.03. The van der Waals surface area contributed by atoms with Gasteiger partial charge in [0.1, 0.15) is 17.4 Å². The summed E-state index contributed by atoms with van der Waals surface area (Å²) in [6, 6.07) is 51.9. The number of ether oxygens (including phenoxy) is 1. The first-order chi connectivity index (χ1) is 32.2. The van der Waals surface area contributed by atoms with E-state index in [-0.39, 0.29) is 23.4 Å². The maximum absolute atomic E-state index is 7.00. The highest BCUT2D eigenvalue weighted by molar-refractivity contribution is 6.31. The van der Waals surface area contributed by atoms with Crippen molar-refractivity contribution in [2.75, 3.05) is 9.80 Å². The summed E-state index contributed by atoms with van der Waals surface area (Å²) >= 11 is 0. The van der Waals surface area contributed by atoms with Crippen LogP contribution in [0.1, 0.15) is 79.3 Å². The molecule has 9 aromatic carbocycles. The van der Waals surface area contributed by atoms with E-state index in [2.05, 4.69) is 215 Å². The van der Waals surface area contributed by atoms with Gasteiger partial charge in [-0.1, -0.05) is 137 Å². The number of allylic oxidation sites excluding steroid dienone is 2. The number of furan rings is 1. The Hall–Kier alpha value is -7.30. The molecule has 4 heteroatoms. The van der Waals surface area contributed by atoms with Crippen molar-refractivity contribution in [3.05, 3.63) is 197 Å². The van der Waals surface area contributed by atoms with E-state index in [1.54, 1.807) is 0 Å². The van der Waals surface area contributed by atoms with Crippen LogP contribution in [0.5, 0.6) is 5.75 Å². The van der Waals surface area contributed by atoms with Crippen LogP contribution in [0.25, 0.3) is 54.3 Å². The quantitative estimate of drug-likeness (QED) is 0.149. The van der Waals surface area contributed by atoms with Gasteiger partial charge < -0.3 is 19.0 Å². The van der Waals surface area contributed by atoms with Gasteiger partial charge in [0.15, 0.2) is 5.58 Å². The van der Waals surface area contributed by atoms with Gasteiger partial charge in [0.2, 0.25) is 0 Å². The fraction of sp³-hybridized carbons (Fsp3) is 0.194. The number of hydrogen-bond acceptors (Lipinski definition) is 4. The fourth-order valence-corrected chi connectivity index (χ4v) is 11.9. The number of nitrogens with zero attached hydrogens (tertiary/aromatic N) is 2. The van der Waals surface area contributed by atoms with E-state index >= 15 is 0 Å². The molecule has 3 aliphatic rings. The number of hydrogen-bond donors (Lipinski definition) is 0. The van der Waals surface area contributed by atoms with E-state index in [1.165, 1.54) is 77.1 Å². The molecular formula is C62H52N2O2. The minimum Gasteiger partial charge on any atom is -0.483 e. The normalized spacial score (nSPS) is 17.1. The molecular weight excluding hydrogens is 805 g/mol. The summed E-state index contributed by atoms with van der Waals surface area (Å²) < 4.78 is 13.9. The molecule has 0 saturated heterocycles. The van der Waals surface area contributed by atoms with Crippen LogP contribution >= 0.6 is 0 Å². The summed E-state index contributed by atoms with van der Waals surface area (Å²) in [5.41, 5.74) is 16.3. The van der Waals surface area contributed by atoms with Crippen molar-refractivity contribution in [3.8, 4) is 5.75 Å². The second-order valence-electron chi connectivity index (χ2n) is 19.9. The van der Waals surface area contributed by atoms with Crippen molar-refractivity contribution in [1.29, 1.82) is 0 Å². The lowest BCUT2D eigenvalue weighted by Crippen LogP contribution is -2.24. The van der Waals surface area contributed by atoms with E-state index in [1.807, 2.05) is 0 Å². The van der Waals surface area contributed by atoms with Gasteiger partial charge in [-0.2, -0.15) is 0 Å². The lowest BCUT2D eigenvalue weighted by Gasteiger charge is -2.37. The second-order valence-corrected chi connectivity index (χ2v) is 19.9. The van der Waals surface area contributed by atoms with Crippen molar-refractivity contribution >= 4 is 88.4 Å². The largest absolute Gasteiger partial charge is 0.483 e. The zero-order chi connectivity index (χ0) is 44.6. The summed E-state index contributed by atoms with van der Waals surface area (Å²) in [7, 11) is 0. The molecule has 10 aromatic rings. The third-order valence-corrected chi connectivity index (χ3v) is 15.2. The van der Waals surface area contributed by atoms with Crippen molar-refractivity contribution in [3.63, 3.8) is 0 Å². The standard InChI is InChI=1S/C62H52N2O2/c1-36(2)46-35-54(64(50-24-12-8-18-38(50)4)52-26-16-22-44-41-20-10-14-28-56(41)66-61(44)52)47-34-48-57-39(31-32-62(48,5)6)33-53(45-30-29-42(46)58(47)59(45)57)63(49-23-11-7-17-37(49)3)51-25-15-21-43-40-19-9-13-27-55(40)65-60(43)51/h7-30,33-36,41,56H,31-32H2,1-6H3. The molecule has 2 aliphatic carbocycles. The molecule has 0 saturated carbocycles. The summed E-state index contributed by atoms with van der Waals surface area (Å²) in [5, 5.41) is 10.2. The number of para-hydroxylation sites is 5. The number of aryl methyl sites for hydroxylation is 3. The van der Waals surface area contributed by atoms with Crippen LogP contribution in [0.2, 0.25) is 0 Å². The highest BCUT2D eigenvalue weighted by Gasteiger charge is 2.38. The Balaban J connectivity index is 1.17. The van der Waals surface area contributed by atoms with Crippen molar-refractivity contribution in [2.45, 2.75) is 77.7 Å². The summed E-state index contributed by atoms with van der Waals surface area (Å²) in [5.74, 6) is 1.41. The van der Waals surface area contributed by atoms with Gasteiger partial charge in [-0.15, -0.1) is 0 Å². The van der Waals surface area contributed by atoms with Gasteiger partial charge in [-0.25, -0.2) is 0 Å². The Labute approximate surface area is 386 Å². The number of benzene rings is 9. The molecule has 2 atom stereocenters. The molecule has 0 radical (unpaired) electrons. The van der Waals surface area contributed by atoms with Gasteiger partial charge in [0.05, 0.1) is 22.7 Å². The Morgan fingerprint density at radius 3 is 2.00 bits per heavy atom. The first kappa shape index (κ1) is 39.1. The average Bonchev–Trinajstić information content (AvgIpc) is 3.91. The molecule has 322 valence electrons. The molecule has 2 unspecified atom stereocenters. The molecule has 0 fully saturated rings. The van der Waals surface area contributed by atoms with Crippen LogP contribution in [0.3, 0.4) is 0 Å². The Kier molecular flexibility index (Phi) is 8.50. The van der Waals surface area contributed by atoms with E-state index in [9.17, 15) is 0 Å². The van der Waals surface area contributed by atoms with E-state index in [4.69, 9.17) is 9.15 Å². The molecule has 1 aromatic heterocycles. The first-order valence-electron chi connectivity index (χ1n) is 23.7. The number of rotatable bonds is 7. The smallest absolute Gasteiger partial charge is 0.159 e. The van der Waals surface area contributed by atoms with Gasteiger partial charge in [-0.05, 0) is 137 Å². The van der Waals surface area contributed by atoms with E-state index in [0.717, 1.165) is 63.3 Å².